The average molecular weight is 563 g/mol. The van der Waals surface area contributed by atoms with Gasteiger partial charge in [0.15, 0.2) is 15.5 Å². The molecule has 0 spiro atoms. The molecule has 0 N–H and O–H groups in total. The van der Waals surface area contributed by atoms with E-state index in [4.69, 9.17) is 16.3 Å². The molecule has 1 unspecified atom stereocenters. The number of amides is 1. The maximum absolute atomic E-state index is 13.5. The highest BCUT2D eigenvalue weighted by atomic mass is 35.5. The van der Waals surface area contributed by atoms with E-state index in [1.54, 1.807) is 9.58 Å². The SMILES string of the molecule is O=C(c1nn(C2CCCN(CCCl)C2)c2c1CS(=O)(=O)c1cc(OC(F)(F)F)ccc1-2)N1CCOCC1. The number of fused-ring (bicyclic) bond motifs is 3. The fourth-order valence-corrected chi connectivity index (χ4v) is 7.06. The van der Waals surface area contributed by atoms with Crippen LogP contribution in [0.25, 0.3) is 11.3 Å². The Bertz CT molecular complexity index is 1290. The van der Waals surface area contributed by atoms with Gasteiger partial charge in [-0.05, 0) is 37.6 Å². The molecule has 5 rings (SSSR count). The Morgan fingerprint density at radius 3 is 2.68 bits per heavy atom. The number of alkyl halides is 4. The van der Waals surface area contributed by atoms with Gasteiger partial charge in [-0.2, -0.15) is 5.10 Å². The Labute approximate surface area is 217 Å². The Kier molecular flexibility index (Phi) is 7.16. The lowest BCUT2D eigenvalue weighted by Gasteiger charge is -2.33. The Morgan fingerprint density at radius 1 is 1.22 bits per heavy atom. The van der Waals surface area contributed by atoms with E-state index in [2.05, 4.69) is 14.7 Å². The summed E-state index contributed by atoms with van der Waals surface area (Å²) < 4.78 is 76.1. The zero-order valence-electron chi connectivity index (χ0n) is 19.8. The van der Waals surface area contributed by atoms with Crippen LogP contribution in [0, 0.1) is 0 Å². The second-order valence-corrected chi connectivity index (χ2v) is 11.6. The molecule has 1 aromatic carbocycles. The molecule has 0 radical (unpaired) electrons. The normalized spacial score (nSPS) is 21.8. The highest BCUT2D eigenvalue weighted by molar-refractivity contribution is 7.90. The van der Waals surface area contributed by atoms with Crippen LogP contribution in [-0.4, -0.2) is 92.1 Å². The van der Waals surface area contributed by atoms with Crippen LogP contribution in [0.3, 0.4) is 0 Å². The number of hydrogen-bond acceptors (Lipinski definition) is 7. The van der Waals surface area contributed by atoms with Crippen LogP contribution < -0.4 is 4.74 Å². The average Bonchev–Trinajstić information content (AvgIpc) is 3.22. The van der Waals surface area contributed by atoms with Gasteiger partial charge in [-0.1, -0.05) is 0 Å². The number of halogens is 4. The van der Waals surface area contributed by atoms with Crippen molar-refractivity contribution in [1.82, 2.24) is 19.6 Å². The second kappa shape index (κ2) is 10.1. The minimum Gasteiger partial charge on any atom is -0.406 e. The number of aromatic nitrogens is 2. The number of likely N-dealkylation sites (tertiary alicyclic amines) is 1. The van der Waals surface area contributed by atoms with Gasteiger partial charge in [0, 0.05) is 43.2 Å². The van der Waals surface area contributed by atoms with Crippen LogP contribution >= 0.6 is 11.6 Å². The minimum atomic E-state index is -4.97. The molecule has 1 amide bonds. The van der Waals surface area contributed by atoms with E-state index in [9.17, 15) is 26.4 Å². The predicted octanol–water partition coefficient (Wildman–Crippen LogP) is 3.08. The summed E-state index contributed by atoms with van der Waals surface area (Å²) in [6.45, 7) is 3.58. The molecule has 202 valence electrons. The summed E-state index contributed by atoms with van der Waals surface area (Å²) in [5, 5.41) is 4.68. The summed E-state index contributed by atoms with van der Waals surface area (Å²) >= 11 is 5.95. The molecule has 4 heterocycles. The summed E-state index contributed by atoms with van der Waals surface area (Å²) in [7, 11) is -4.08. The number of piperidine rings is 1. The van der Waals surface area contributed by atoms with Crippen molar-refractivity contribution in [3.8, 4) is 17.0 Å². The van der Waals surface area contributed by atoms with E-state index < -0.39 is 27.7 Å². The van der Waals surface area contributed by atoms with Crippen LogP contribution in [0.4, 0.5) is 13.2 Å². The van der Waals surface area contributed by atoms with Crippen molar-refractivity contribution in [3.05, 3.63) is 29.5 Å². The maximum atomic E-state index is 13.5. The van der Waals surface area contributed by atoms with Crippen LogP contribution in [-0.2, 0) is 20.3 Å². The zero-order chi connectivity index (χ0) is 26.4. The second-order valence-electron chi connectivity index (χ2n) is 9.28. The molecule has 9 nitrogen and oxygen atoms in total. The van der Waals surface area contributed by atoms with Crippen molar-refractivity contribution < 1.29 is 35.9 Å². The summed E-state index contributed by atoms with van der Waals surface area (Å²) in [5.41, 5.74) is 0.968. The molecular weight excluding hydrogens is 537 g/mol. The van der Waals surface area contributed by atoms with Crippen molar-refractivity contribution >= 4 is 27.3 Å². The Morgan fingerprint density at radius 2 is 1.97 bits per heavy atom. The van der Waals surface area contributed by atoms with Crippen molar-refractivity contribution in [2.75, 3.05) is 51.8 Å². The third-order valence-corrected chi connectivity index (χ3v) is 8.69. The van der Waals surface area contributed by atoms with Crippen molar-refractivity contribution in [1.29, 1.82) is 0 Å². The molecule has 1 aromatic heterocycles. The third kappa shape index (κ3) is 5.31. The summed E-state index contributed by atoms with van der Waals surface area (Å²) in [4.78, 5) is 17.0. The molecule has 37 heavy (non-hydrogen) atoms. The molecule has 2 saturated heterocycles. The molecule has 0 saturated carbocycles. The van der Waals surface area contributed by atoms with E-state index in [-0.39, 0.29) is 33.7 Å². The first-order chi connectivity index (χ1) is 17.6. The van der Waals surface area contributed by atoms with Crippen LogP contribution in [0.5, 0.6) is 5.75 Å². The lowest BCUT2D eigenvalue weighted by Crippen LogP contribution is -2.41. The summed E-state index contributed by atoms with van der Waals surface area (Å²) in [6.07, 6.45) is -3.37. The molecular formula is C23H26ClF3N4O5S. The van der Waals surface area contributed by atoms with E-state index in [0.29, 0.717) is 51.0 Å². The highest BCUT2D eigenvalue weighted by Crippen LogP contribution is 2.43. The summed E-state index contributed by atoms with van der Waals surface area (Å²) in [5.74, 6) is -1.11. The molecule has 1 atom stereocenters. The number of carbonyl (C=O) groups is 1. The molecule has 0 bridgehead atoms. The van der Waals surface area contributed by atoms with Crippen molar-refractivity contribution in [3.63, 3.8) is 0 Å². The van der Waals surface area contributed by atoms with Gasteiger partial charge in [0.05, 0.1) is 35.6 Å². The van der Waals surface area contributed by atoms with Gasteiger partial charge in [-0.25, -0.2) is 8.42 Å². The lowest BCUT2D eigenvalue weighted by molar-refractivity contribution is -0.274. The van der Waals surface area contributed by atoms with Crippen molar-refractivity contribution in [2.45, 2.75) is 35.9 Å². The smallest absolute Gasteiger partial charge is 0.406 e. The maximum Gasteiger partial charge on any atom is 0.573 e. The number of benzene rings is 1. The summed E-state index contributed by atoms with van der Waals surface area (Å²) in [6, 6.07) is 3.10. The van der Waals surface area contributed by atoms with Gasteiger partial charge in [0.25, 0.3) is 5.91 Å². The molecule has 2 fully saturated rings. The van der Waals surface area contributed by atoms with Gasteiger partial charge >= 0.3 is 6.36 Å². The van der Waals surface area contributed by atoms with Gasteiger partial charge in [0.2, 0.25) is 0 Å². The van der Waals surface area contributed by atoms with Crippen molar-refractivity contribution in [2.24, 2.45) is 0 Å². The van der Waals surface area contributed by atoms with E-state index >= 15 is 0 Å². The predicted molar refractivity (Wildman–Crippen MR) is 127 cm³/mol. The van der Waals surface area contributed by atoms with Crippen LogP contribution in [0.15, 0.2) is 23.1 Å². The van der Waals surface area contributed by atoms with Crippen LogP contribution in [0.1, 0.15) is 34.9 Å². The van der Waals surface area contributed by atoms with Gasteiger partial charge in [-0.3, -0.25) is 9.48 Å². The number of ether oxygens (including phenoxy) is 2. The first-order valence-corrected chi connectivity index (χ1v) is 14.2. The largest absolute Gasteiger partial charge is 0.573 e. The topological polar surface area (TPSA) is 94.0 Å². The van der Waals surface area contributed by atoms with E-state index in [1.165, 1.54) is 6.07 Å². The number of nitrogens with zero attached hydrogens (tertiary/aromatic N) is 4. The van der Waals surface area contributed by atoms with E-state index in [0.717, 1.165) is 31.5 Å². The molecule has 3 aliphatic rings. The first-order valence-electron chi connectivity index (χ1n) is 12.0. The highest BCUT2D eigenvalue weighted by Gasteiger charge is 2.40. The van der Waals surface area contributed by atoms with Gasteiger partial charge < -0.3 is 19.3 Å². The van der Waals surface area contributed by atoms with Crippen LogP contribution in [0.2, 0.25) is 0 Å². The van der Waals surface area contributed by atoms with E-state index in [1.807, 2.05) is 0 Å². The molecule has 2 aromatic rings. The minimum absolute atomic E-state index is 0.0520. The van der Waals surface area contributed by atoms with Gasteiger partial charge in [-0.15, -0.1) is 24.8 Å². The standard InChI is InChI=1S/C23H26ClF3N4O5S/c24-5-7-29-6-1-2-15(13-29)31-21-17-4-3-16(36-23(25,26)27)12-19(17)37(33,34)14-18(21)20(28-31)22(32)30-8-10-35-11-9-30/h3-4,12,15H,1-2,5-11,13-14H2. The molecule has 0 aliphatic carbocycles. The quantitative estimate of drug-likeness (QED) is 0.517. The fourth-order valence-electron chi connectivity index (χ4n) is 5.22. The lowest BCUT2D eigenvalue weighted by atomic mass is 10.0. The molecule has 3 aliphatic heterocycles. The number of rotatable bonds is 5. The number of sulfone groups is 1. The first kappa shape index (κ1) is 26.3. The number of morpholine rings is 1. The Hall–Kier alpha value is -2.35. The molecule has 14 heteroatoms. The monoisotopic (exact) mass is 562 g/mol. The fraction of sp³-hybridized carbons (Fsp3) is 0.565. The third-order valence-electron chi connectivity index (χ3n) is 6.85. The number of hydrogen-bond donors (Lipinski definition) is 0. The Balaban J connectivity index is 1.64. The van der Waals surface area contributed by atoms with Gasteiger partial charge in [0.1, 0.15) is 5.75 Å². The number of carbonyl (C=O) groups excluding carboxylic acids is 1. The zero-order valence-corrected chi connectivity index (χ0v) is 21.4.